The summed E-state index contributed by atoms with van der Waals surface area (Å²) in [7, 11) is 0. The first kappa shape index (κ1) is 14.4. The van der Waals surface area contributed by atoms with Gasteiger partial charge in [-0.2, -0.15) is 11.8 Å². The Morgan fingerprint density at radius 1 is 1.32 bits per heavy atom. The Labute approximate surface area is 119 Å². The molecular weight excluding hydrogens is 256 g/mol. The second-order valence-corrected chi connectivity index (χ2v) is 6.33. The van der Waals surface area contributed by atoms with Crippen LogP contribution in [0.2, 0.25) is 0 Å². The van der Waals surface area contributed by atoms with Gasteiger partial charge in [-0.05, 0) is 44.2 Å². The van der Waals surface area contributed by atoms with E-state index in [1.54, 1.807) is 0 Å². The van der Waals surface area contributed by atoms with Crippen molar-refractivity contribution in [3.8, 4) is 0 Å². The Morgan fingerprint density at radius 2 is 2.16 bits per heavy atom. The maximum atomic E-state index is 12.1. The minimum Gasteiger partial charge on any atom is -0.325 e. The fraction of sp³-hybridized carbons (Fsp3) is 0.533. The molecule has 104 valence electrons. The predicted octanol–water partition coefficient (Wildman–Crippen LogP) is 2.68. The zero-order valence-corrected chi connectivity index (χ0v) is 12.6. The number of carbonyl (C=O) groups excluding carboxylic acids is 1. The van der Waals surface area contributed by atoms with Crippen LogP contribution in [0.4, 0.5) is 5.69 Å². The molecule has 1 aromatic rings. The number of nitrogens with one attached hydrogen (secondary N) is 1. The topological polar surface area (TPSA) is 32.3 Å². The van der Waals surface area contributed by atoms with Crippen LogP contribution in [-0.2, 0) is 4.79 Å². The van der Waals surface area contributed by atoms with E-state index in [1.807, 2.05) is 30.8 Å². The smallest absolute Gasteiger partial charge is 0.238 e. The molecule has 0 unspecified atom stereocenters. The highest BCUT2D eigenvalue weighted by atomic mass is 32.2. The number of rotatable bonds is 3. The first-order valence-electron chi connectivity index (χ1n) is 6.82. The van der Waals surface area contributed by atoms with E-state index in [2.05, 4.69) is 23.2 Å². The van der Waals surface area contributed by atoms with Gasteiger partial charge >= 0.3 is 0 Å². The van der Waals surface area contributed by atoms with Crippen molar-refractivity contribution < 1.29 is 4.79 Å². The van der Waals surface area contributed by atoms with Crippen LogP contribution >= 0.6 is 11.8 Å². The van der Waals surface area contributed by atoms with Crippen LogP contribution in [-0.4, -0.2) is 41.9 Å². The van der Waals surface area contributed by atoms with Crippen molar-refractivity contribution in [3.63, 3.8) is 0 Å². The number of aryl methyl sites for hydroxylation is 2. The molecule has 1 N–H and O–H groups in total. The van der Waals surface area contributed by atoms with Crippen molar-refractivity contribution in [1.29, 1.82) is 0 Å². The first-order chi connectivity index (χ1) is 9.15. The van der Waals surface area contributed by atoms with Crippen molar-refractivity contribution in [2.45, 2.75) is 20.3 Å². The summed E-state index contributed by atoms with van der Waals surface area (Å²) in [6.45, 7) is 6.66. The van der Waals surface area contributed by atoms with Gasteiger partial charge in [0.15, 0.2) is 0 Å². The lowest BCUT2D eigenvalue weighted by molar-refractivity contribution is -0.117. The van der Waals surface area contributed by atoms with Crippen molar-refractivity contribution in [2.75, 3.05) is 36.5 Å². The van der Waals surface area contributed by atoms with Crippen LogP contribution in [0.1, 0.15) is 17.5 Å². The molecule has 1 aromatic carbocycles. The summed E-state index contributed by atoms with van der Waals surface area (Å²) >= 11 is 1.98. The second-order valence-electron chi connectivity index (χ2n) is 5.11. The van der Waals surface area contributed by atoms with E-state index >= 15 is 0 Å². The van der Waals surface area contributed by atoms with Crippen LogP contribution in [0.3, 0.4) is 0 Å². The highest BCUT2D eigenvalue weighted by Gasteiger charge is 2.13. The van der Waals surface area contributed by atoms with Gasteiger partial charge in [0, 0.05) is 18.0 Å². The molecule has 3 nitrogen and oxygen atoms in total. The van der Waals surface area contributed by atoms with E-state index in [0.717, 1.165) is 30.1 Å². The number of thioether (sulfide) groups is 1. The quantitative estimate of drug-likeness (QED) is 0.922. The number of nitrogens with zero attached hydrogens (tertiary/aromatic N) is 1. The van der Waals surface area contributed by atoms with Gasteiger partial charge in [0.05, 0.1) is 6.54 Å². The minimum atomic E-state index is 0.0962. The molecule has 1 heterocycles. The minimum absolute atomic E-state index is 0.0962. The molecule has 1 fully saturated rings. The van der Waals surface area contributed by atoms with Gasteiger partial charge < -0.3 is 5.32 Å². The molecular formula is C15H22N2OS. The van der Waals surface area contributed by atoms with E-state index in [-0.39, 0.29) is 5.91 Å². The molecule has 1 aliphatic heterocycles. The summed E-state index contributed by atoms with van der Waals surface area (Å²) in [5.74, 6) is 2.45. The lowest BCUT2D eigenvalue weighted by Crippen LogP contribution is -2.34. The molecule has 1 amide bonds. The molecule has 0 radical (unpaired) electrons. The van der Waals surface area contributed by atoms with Crippen LogP contribution < -0.4 is 5.32 Å². The van der Waals surface area contributed by atoms with Crippen molar-refractivity contribution in [1.82, 2.24) is 4.90 Å². The van der Waals surface area contributed by atoms with Crippen LogP contribution in [0.5, 0.6) is 0 Å². The lowest BCUT2D eigenvalue weighted by Gasteiger charge is -2.19. The molecule has 0 spiro atoms. The Kier molecular flexibility index (Phi) is 5.28. The highest BCUT2D eigenvalue weighted by molar-refractivity contribution is 7.99. The first-order valence-corrected chi connectivity index (χ1v) is 7.98. The van der Waals surface area contributed by atoms with Crippen LogP contribution in [0, 0.1) is 13.8 Å². The zero-order chi connectivity index (χ0) is 13.7. The lowest BCUT2D eigenvalue weighted by atomic mass is 10.1. The average molecular weight is 278 g/mol. The third-order valence-corrected chi connectivity index (χ3v) is 4.39. The standard InChI is InChI=1S/C15H22N2OS/c1-12-4-5-14(13(2)10-12)16-15(18)11-17-6-3-8-19-9-7-17/h4-5,10H,3,6-9,11H2,1-2H3,(H,16,18). The summed E-state index contributed by atoms with van der Waals surface area (Å²) in [6, 6.07) is 6.12. The molecule has 4 heteroatoms. The van der Waals surface area contributed by atoms with Crippen LogP contribution in [0.15, 0.2) is 18.2 Å². The number of carbonyl (C=O) groups is 1. The Hall–Kier alpha value is -1.00. The maximum absolute atomic E-state index is 12.1. The molecule has 2 rings (SSSR count). The van der Waals surface area contributed by atoms with Gasteiger partial charge in [-0.3, -0.25) is 9.69 Å². The van der Waals surface area contributed by atoms with Gasteiger partial charge in [-0.1, -0.05) is 17.7 Å². The molecule has 0 bridgehead atoms. The Morgan fingerprint density at radius 3 is 2.95 bits per heavy atom. The molecule has 0 aliphatic carbocycles. The normalized spacial score (nSPS) is 16.9. The van der Waals surface area contributed by atoms with E-state index in [1.165, 1.54) is 17.7 Å². The van der Waals surface area contributed by atoms with Crippen molar-refractivity contribution in [2.24, 2.45) is 0 Å². The number of hydrogen-bond donors (Lipinski definition) is 1. The summed E-state index contributed by atoms with van der Waals surface area (Å²) in [6.07, 6.45) is 1.18. The van der Waals surface area contributed by atoms with E-state index in [0.29, 0.717) is 6.54 Å². The summed E-state index contributed by atoms with van der Waals surface area (Å²) < 4.78 is 0. The molecule has 1 aliphatic rings. The molecule has 1 saturated heterocycles. The summed E-state index contributed by atoms with van der Waals surface area (Å²) in [5.41, 5.74) is 3.28. The number of hydrogen-bond acceptors (Lipinski definition) is 3. The number of benzene rings is 1. The largest absolute Gasteiger partial charge is 0.325 e. The van der Waals surface area contributed by atoms with E-state index in [4.69, 9.17) is 0 Å². The summed E-state index contributed by atoms with van der Waals surface area (Å²) in [4.78, 5) is 14.3. The SMILES string of the molecule is Cc1ccc(NC(=O)CN2CCCSCC2)c(C)c1. The number of anilines is 1. The van der Waals surface area contributed by atoms with Crippen molar-refractivity contribution >= 4 is 23.4 Å². The third-order valence-electron chi connectivity index (χ3n) is 3.34. The average Bonchev–Trinajstić information content (AvgIpc) is 2.61. The highest BCUT2D eigenvalue weighted by Crippen LogP contribution is 2.16. The van der Waals surface area contributed by atoms with E-state index in [9.17, 15) is 4.79 Å². The fourth-order valence-corrected chi connectivity index (χ4v) is 3.23. The molecule has 19 heavy (non-hydrogen) atoms. The fourth-order valence-electron chi connectivity index (χ4n) is 2.30. The zero-order valence-electron chi connectivity index (χ0n) is 11.7. The van der Waals surface area contributed by atoms with Crippen molar-refractivity contribution in [3.05, 3.63) is 29.3 Å². The number of amides is 1. The monoisotopic (exact) mass is 278 g/mol. The molecule has 0 atom stereocenters. The van der Waals surface area contributed by atoms with Gasteiger partial charge in [-0.15, -0.1) is 0 Å². The molecule has 0 saturated carbocycles. The Balaban J connectivity index is 1.89. The van der Waals surface area contributed by atoms with E-state index < -0.39 is 0 Å². The van der Waals surface area contributed by atoms with Gasteiger partial charge in [-0.25, -0.2) is 0 Å². The van der Waals surface area contributed by atoms with Crippen LogP contribution in [0.25, 0.3) is 0 Å². The van der Waals surface area contributed by atoms with Gasteiger partial charge in [0.1, 0.15) is 0 Å². The maximum Gasteiger partial charge on any atom is 0.238 e. The van der Waals surface area contributed by atoms with Gasteiger partial charge in [0.2, 0.25) is 5.91 Å². The second kappa shape index (κ2) is 6.96. The van der Waals surface area contributed by atoms with Gasteiger partial charge in [0.25, 0.3) is 0 Å². The Bertz CT molecular complexity index is 440. The molecule has 0 aromatic heterocycles. The predicted molar refractivity (Wildman–Crippen MR) is 82.9 cm³/mol. The summed E-state index contributed by atoms with van der Waals surface area (Å²) in [5, 5.41) is 3.02. The third kappa shape index (κ3) is 4.55.